The molecule has 0 atom stereocenters. The molecule has 49 heavy (non-hydrogen) atoms. The first-order chi connectivity index (χ1) is 23.7. The SMILES string of the molecule is CC(=O)Nc1ncc(C=O)s1.CCOc1cc(CC2CN(Cc3cnc(NC(C)=O)s3)C2)ccn1.CCOc1cc(CC2CNC2)ccn1. The van der Waals surface area contributed by atoms with E-state index in [2.05, 4.69) is 52.9 Å². The highest BCUT2D eigenvalue weighted by Crippen LogP contribution is 2.26. The fourth-order valence-corrected chi connectivity index (χ4v) is 6.64. The summed E-state index contributed by atoms with van der Waals surface area (Å²) < 4.78 is 10.8. The van der Waals surface area contributed by atoms with Crippen LogP contribution in [-0.2, 0) is 29.0 Å². The van der Waals surface area contributed by atoms with Crippen LogP contribution in [0.5, 0.6) is 11.8 Å². The molecule has 0 aliphatic carbocycles. The first-order valence-electron chi connectivity index (χ1n) is 16.2. The lowest BCUT2D eigenvalue weighted by Crippen LogP contribution is -2.46. The van der Waals surface area contributed by atoms with E-state index in [1.165, 1.54) is 36.0 Å². The van der Waals surface area contributed by atoms with Gasteiger partial charge in [-0.05, 0) is 74.9 Å². The number of rotatable bonds is 13. The van der Waals surface area contributed by atoms with Crippen LogP contribution in [-0.4, -0.2) is 82.3 Å². The second kappa shape index (κ2) is 19.6. The van der Waals surface area contributed by atoms with Crippen molar-refractivity contribution in [3.8, 4) is 11.8 Å². The number of thiazole rings is 2. The Kier molecular flexibility index (Phi) is 15.0. The Balaban J connectivity index is 0.000000183. The lowest BCUT2D eigenvalue weighted by atomic mass is 9.92. The van der Waals surface area contributed by atoms with Crippen molar-refractivity contribution < 1.29 is 23.9 Å². The van der Waals surface area contributed by atoms with E-state index in [9.17, 15) is 14.4 Å². The topological polar surface area (TPSA) is 161 Å². The number of ether oxygens (including phenoxy) is 2. The van der Waals surface area contributed by atoms with Crippen molar-refractivity contribution in [3.05, 3.63) is 69.9 Å². The molecule has 13 nitrogen and oxygen atoms in total. The minimum atomic E-state index is -0.184. The summed E-state index contributed by atoms with van der Waals surface area (Å²) in [6.07, 6.45) is 9.80. The van der Waals surface area contributed by atoms with Gasteiger partial charge < -0.3 is 25.4 Å². The van der Waals surface area contributed by atoms with E-state index in [0.29, 0.717) is 46.4 Å². The lowest BCUT2D eigenvalue weighted by molar-refractivity contribution is -0.115. The summed E-state index contributed by atoms with van der Waals surface area (Å²) in [5, 5.41) is 9.60. The number of anilines is 2. The van der Waals surface area contributed by atoms with Crippen molar-refractivity contribution in [1.29, 1.82) is 0 Å². The van der Waals surface area contributed by atoms with Gasteiger partial charge in [0.05, 0.1) is 24.3 Å². The molecular weight excluding hydrogens is 665 g/mol. The van der Waals surface area contributed by atoms with Gasteiger partial charge in [0.15, 0.2) is 16.5 Å². The van der Waals surface area contributed by atoms with Gasteiger partial charge in [-0.2, -0.15) is 0 Å². The van der Waals surface area contributed by atoms with Crippen molar-refractivity contribution in [2.75, 3.05) is 50.0 Å². The number of pyridine rings is 2. The Bertz CT molecular complexity index is 1640. The molecular formula is C34H44N8O5S2. The molecule has 6 rings (SSSR count). The zero-order valence-electron chi connectivity index (χ0n) is 28.3. The number of carbonyl (C=O) groups is 3. The predicted molar refractivity (Wildman–Crippen MR) is 192 cm³/mol. The third kappa shape index (κ3) is 13.3. The molecule has 0 radical (unpaired) electrons. The summed E-state index contributed by atoms with van der Waals surface area (Å²) in [7, 11) is 0. The van der Waals surface area contributed by atoms with Crippen molar-refractivity contribution >= 4 is 51.0 Å². The summed E-state index contributed by atoms with van der Waals surface area (Å²) in [4.78, 5) is 52.1. The molecule has 262 valence electrons. The summed E-state index contributed by atoms with van der Waals surface area (Å²) >= 11 is 2.69. The Morgan fingerprint density at radius 2 is 1.41 bits per heavy atom. The van der Waals surface area contributed by atoms with Gasteiger partial charge in [-0.3, -0.25) is 19.3 Å². The van der Waals surface area contributed by atoms with Gasteiger partial charge >= 0.3 is 0 Å². The number of hydrogen-bond donors (Lipinski definition) is 3. The van der Waals surface area contributed by atoms with E-state index in [4.69, 9.17) is 9.47 Å². The molecule has 2 fully saturated rings. The number of nitrogens with zero attached hydrogens (tertiary/aromatic N) is 5. The number of aldehydes is 1. The van der Waals surface area contributed by atoms with Crippen molar-refractivity contribution in [2.45, 2.75) is 47.1 Å². The monoisotopic (exact) mass is 708 g/mol. The van der Waals surface area contributed by atoms with E-state index >= 15 is 0 Å². The molecule has 0 saturated carbocycles. The minimum absolute atomic E-state index is 0.0799. The molecule has 0 unspecified atom stereocenters. The van der Waals surface area contributed by atoms with Crippen LogP contribution in [0.15, 0.2) is 49.1 Å². The minimum Gasteiger partial charge on any atom is -0.478 e. The number of nitrogens with one attached hydrogen (secondary N) is 3. The van der Waals surface area contributed by atoms with Gasteiger partial charge in [0.2, 0.25) is 23.6 Å². The first-order valence-corrected chi connectivity index (χ1v) is 17.9. The highest BCUT2D eigenvalue weighted by atomic mass is 32.1. The second-order valence-corrected chi connectivity index (χ2v) is 13.7. The van der Waals surface area contributed by atoms with Gasteiger partial charge in [0.25, 0.3) is 0 Å². The maximum absolute atomic E-state index is 11.0. The molecule has 0 bridgehead atoms. The second-order valence-electron chi connectivity index (χ2n) is 11.5. The summed E-state index contributed by atoms with van der Waals surface area (Å²) in [5.41, 5.74) is 2.61. The van der Waals surface area contributed by atoms with E-state index < -0.39 is 0 Å². The standard InChI is InChI=1S/C17H22N4O2S.C11H16N2O.C6H6N2O2S/c1-3-23-16-7-13(4-5-18-16)6-14-9-21(10-14)11-15-8-19-17(24-15)20-12(2)22;1-2-14-11-6-9(3-4-13-11)5-10-7-12-8-10;1-4(10)8-6-7-2-5(3-9)11-6/h4-5,7-8,14H,3,6,9-11H2,1-2H3,(H,19,20,22);3-4,6,10,12H,2,5,7-8H2,1H3;2-3H,1H3,(H,7,8,10). The largest absolute Gasteiger partial charge is 0.478 e. The normalized spacial score (nSPS) is 14.1. The quantitative estimate of drug-likeness (QED) is 0.165. The van der Waals surface area contributed by atoms with Crippen LogP contribution in [0.3, 0.4) is 0 Å². The number of aromatic nitrogens is 4. The van der Waals surface area contributed by atoms with Gasteiger partial charge in [-0.1, -0.05) is 11.3 Å². The Hall–Kier alpha value is -4.31. The molecule has 0 aromatic carbocycles. The van der Waals surface area contributed by atoms with Gasteiger partial charge in [-0.15, -0.1) is 11.3 Å². The summed E-state index contributed by atoms with van der Waals surface area (Å²) in [6.45, 7) is 13.5. The molecule has 2 aliphatic rings. The molecule has 4 aromatic heterocycles. The molecule has 2 aliphatic heterocycles. The van der Waals surface area contributed by atoms with Crippen LogP contribution in [0.1, 0.15) is 53.4 Å². The third-order valence-corrected chi connectivity index (χ3v) is 9.00. The first kappa shape index (κ1) is 37.5. The molecule has 0 spiro atoms. The average Bonchev–Trinajstić information content (AvgIpc) is 3.67. The van der Waals surface area contributed by atoms with Gasteiger partial charge in [-0.25, -0.2) is 19.9 Å². The zero-order chi connectivity index (χ0) is 35.0. The molecule has 4 aromatic rings. The molecule has 3 N–H and O–H groups in total. The van der Waals surface area contributed by atoms with E-state index in [0.717, 1.165) is 68.7 Å². The predicted octanol–water partition coefficient (Wildman–Crippen LogP) is 4.73. The van der Waals surface area contributed by atoms with Crippen LogP contribution < -0.4 is 25.4 Å². The fraction of sp³-hybridized carbons (Fsp3) is 0.441. The fourth-order valence-electron chi connectivity index (χ4n) is 5.06. The average molecular weight is 709 g/mol. The molecule has 6 heterocycles. The lowest BCUT2D eigenvalue weighted by Gasteiger charge is -2.39. The van der Waals surface area contributed by atoms with Gasteiger partial charge in [0, 0.05) is 69.1 Å². The van der Waals surface area contributed by atoms with Crippen LogP contribution in [0.2, 0.25) is 0 Å². The van der Waals surface area contributed by atoms with E-state index in [1.807, 2.05) is 44.6 Å². The number of likely N-dealkylation sites (tertiary alicyclic amines) is 1. The molecule has 15 heteroatoms. The highest BCUT2D eigenvalue weighted by Gasteiger charge is 2.27. The van der Waals surface area contributed by atoms with E-state index in [1.54, 1.807) is 11.3 Å². The van der Waals surface area contributed by atoms with Crippen molar-refractivity contribution in [2.24, 2.45) is 11.8 Å². The third-order valence-electron chi connectivity index (χ3n) is 7.27. The highest BCUT2D eigenvalue weighted by molar-refractivity contribution is 7.17. The smallest absolute Gasteiger partial charge is 0.223 e. The Labute approximate surface area is 294 Å². The maximum Gasteiger partial charge on any atom is 0.223 e. The summed E-state index contributed by atoms with van der Waals surface area (Å²) in [6, 6.07) is 8.21. The molecule has 2 saturated heterocycles. The van der Waals surface area contributed by atoms with Crippen molar-refractivity contribution in [3.63, 3.8) is 0 Å². The van der Waals surface area contributed by atoms with Crippen LogP contribution in [0, 0.1) is 11.8 Å². The zero-order valence-corrected chi connectivity index (χ0v) is 29.9. The number of amides is 2. The Morgan fingerprint density at radius 1 is 0.857 bits per heavy atom. The Morgan fingerprint density at radius 3 is 1.90 bits per heavy atom. The molecule has 2 amide bonds. The van der Waals surface area contributed by atoms with Crippen LogP contribution in [0.25, 0.3) is 0 Å². The van der Waals surface area contributed by atoms with Crippen LogP contribution >= 0.6 is 22.7 Å². The van der Waals surface area contributed by atoms with Crippen molar-refractivity contribution in [1.82, 2.24) is 30.2 Å². The maximum atomic E-state index is 11.0. The van der Waals surface area contributed by atoms with Crippen LogP contribution in [0.4, 0.5) is 10.3 Å². The van der Waals surface area contributed by atoms with Gasteiger partial charge in [0.1, 0.15) is 0 Å². The van der Waals surface area contributed by atoms with E-state index in [-0.39, 0.29) is 11.8 Å². The number of carbonyl (C=O) groups excluding carboxylic acids is 3. The summed E-state index contributed by atoms with van der Waals surface area (Å²) in [5.74, 6) is 2.66. The number of hydrogen-bond acceptors (Lipinski definition) is 13.